The highest BCUT2D eigenvalue weighted by Gasteiger charge is 2.14. The molecule has 0 aliphatic carbocycles. The van der Waals surface area contributed by atoms with Gasteiger partial charge in [-0.15, -0.1) is 0 Å². The summed E-state index contributed by atoms with van der Waals surface area (Å²) in [5.74, 6) is 1.41. The van der Waals surface area contributed by atoms with Crippen molar-refractivity contribution in [3.63, 3.8) is 0 Å². The Balaban J connectivity index is 1.37. The number of rotatable bonds is 10. The van der Waals surface area contributed by atoms with Crippen molar-refractivity contribution >= 4 is 46.4 Å². The van der Waals surface area contributed by atoms with Crippen molar-refractivity contribution in [3.05, 3.63) is 65.8 Å². The molecule has 4 rings (SSSR count). The molecule has 2 heterocycles. The number of unbranched alkanes of at least 4 members (excludes halogenated alkanes) is 1. The highest BCUT2D eigenvalue weighted by Crippen LogP contribution is 2.28. The molecule has 0 unspecified atom stereocenters. The van der Waals surface area contributed by atoms with Crippen LogP contribution in [-0.4, -0.2) is 51.1 Å². The maximum atomic E-state index is 12.4. The molecule has 0 saturated heterocycles. The normalized spacial score (nSPS) is 11.6. The van der Waals surface area contributed by atoms with Crippen LogP contribution >= 0.6 is 11.6 Å². The van der Waals surface area contributed by atoms with Crippen LogP contribution in [0.3, 0.4) is 0 Å². The van der Waals surface area contributed by atoms with Gasteiger partial charge in [-0.25, -0.2) is 18.1 Å². The standard InChI is InChI=1S/C23H25BClN5O3S/c1-33-16-8-10-17(11-9-16)34(31,32)28-13-5-4-12-26-22-14-21(18-6-2-3-7-20(18)25)29-23-19(24)15-27-30(22)23/h2-3,6-11,14-15,26,28H,4-5,12-13,24H2,1H3. The van der Waals surface area contributed by atoms with Crippen LogP contribution in [0.2, 0.25) is 5.02 Å². The second-order valence-electron chi connectivity index (χ2n) is 7.78. The summed E-state index contributed by atoms with van der Waals surface area (Å²) in [7, 11) is -0.0496. The van der Waals surface area contributed by atoms with E-state index >= 15 is 0 Å². The van der Waals surface area contributed by atoms with E-state index in [2.05, 4.69) is 15.1 Å². The first-order chi connectivity index (χ1) is 16.4. The molecule has 34 heavy (non-hydrogen) atoms. The first-order valence-corrected chi connectivity index (χ1v) is 12.7. The van der Waals surface area contributed by atoms with Gasteiger partial charge in [0.25, 0.3) is 0 Å². The first kappa shape index (κ1) is 24.1. The maximum Gasteiger partial charge on any atom is 0.240 e. The number of hydrogen-bond acceptors (Lipinski definition) is 6. The quantitative estimate of drug-likeness (QED) is 0.258. The number of methoxy groups -OCH3 is 1. The molecule has 0 spiro atoms. The number of nitrogens with zero attached hydrogens (tertiary/aromatic N) is 3. The molecule has 0 aliphatic rings. The minimum atomic E-state index is -3.55. The summed E-state index contributed by atoms with van der Waals surface area (Å²) in [5.41, 5.74) is 3.33. The van der Waals surface area contributed by atoms with Gasteiger partial charge in [0, 0.05) is 35.9 Å². The number of halogens is 1. The Morgan fingerprint density at radius 1 is 1.09 bits per heavy atom. The van der Waals surface area contributed by atoms with Crippen LogP contribution in [0.4, 0.5) is 5.82 Å². The average Bonchev–Trinajstić information content (AvgIpc) is 3.22. The number of aromatic nitrogens is 3. The van der Waals surface area contributed by atoms with Crippen molar-refractivity contribution in [2.45, 2.75) is 17.7 Å². The van der Waals surface area contributed by atoms with Gasteiger partial charge in [0.2, 0.25) is 10.0 Å². The van der Waals surface area contributed by atoms with E-state index in [0.717, 1.165) is 34.6 Å². The van der Waals surface area contributed by atoms with Crippen LogP contribution in [0.15, 0.2) is 65.7 Å². The van der Waals surface area contributed by atoms with E-state index in [9.17, 15) is 8.42 Å². The van der Waals surface area contributed by atoms with E-state index in [0.29, 0.717) is 30.3 Å². The van der Waals surface area contributed by atoms with Crippen molar-refractivity contribution < 1.29 is 13.2 Å². The van der Waals surface area contributed by atoms with E-state index in [-0.39, 0.29) is 4.90 Å². The van der Waals surface area contributed by atoms with Crippen LogP contribution in [0.5, 0.6) is 5.75 Å². The lowest BCUT2D eigenvalue weighted by atomic mass is 10.0. The van der Waals surface area contributed by atoms with Gasteiger partial charge in [-0.2, -0.15) is 9.61 Å². The van der Waals surface area contributed by atoms with Gasteiger partial charge in [0.15, 0.2) is 5.65 Å². The van der Waals surface area contributed by atoms with Crippen molar-refractivity contribution in [2.24, 2.45) is 0 Å². The Labute approximate surface area is 204 Å². The van der Waals surface area contributed by atoms with E-state index in [1.165, 1.54) is 19.2 Å². The molecule has 2 aromatic carbocycles. The molecule has 0 aliphatic heterocycles. The molecule has 4 aromatic rings. The topological polar surface area (TPSA) is 97.6 Å². The van der Waals surface area contributed by atoms with E-state index in [1.54, 1.807) is 22.8 Å². The van der Waals surface area contributed by atoms with Crippen molar-refractivity contribution in [1.82, 2.24) is 19.3 Å². The van der Waals surface area contributed by atoms with Gasteiger partial charge < -0.3 is 10.1 Å². The smallest absolute Gasteiger partial charge is 0.240 e. The van der Waals surface area contributed by atoms with Crippen LogP contribution in [0.25, 0.3) is 16.9 Å². The van der Waals surface area contributed by atoms with Gasteiger partial charge in [-0.05, 0) is 48.6 Å². The first-order valence-electron chi connectivity index (χ1n) is 10.9. The third-order valence-corrected chi connectivity index (χ3v) is 7.18. The largest absolute Gasteiger partial charge is 0.497 e. The Morgan fingerprint density at radius 2 is 1.82 bits per heavy atom. The molecule has 8 nitrogen and oxygen atoms in total. The van der Waals surface area contributed by atoms with Gasteiger partial charge in [0.05, 0.1) is 17.7 Å². The second kappa shape index (κ2) is 10.5. The van der Waals surface area contributed by atoms with Crippen molar-refractivity contribution in [2.75, 3.05) is 25.5 Å². The number of benzene rings is 2. The SMILES string of the molecule is Bc1cnn2c(NCCCCNS(=O)(=O)c3ccc(OC)cc3)cc(-c3ccccc3Cl)nc12. The number of sulfonamides is 1. The number of anilines is 1. The van der Waals surface area contributed by atoms with Gasteiger partial charge in [0.1, 0.15) is 19.4 Å². The molecule has 0 saturated carbocycles. The summed E-state index contributed by atoms with van der Waals surface area (Å²) >= 11 is 6.39. The fourth-order valence-corrected chi connectivity index (χ4v) is 4.82. The molecule has 2 aromatic heterocycles. The highest BCUT2D eigenvalue weighted by atomic mass is 35.5. The number of ether oxygens (including phenoxy) is 1. The fourth-order valence-electron chi connectivity index (χ4n) is 3.52. The fraction of sp³-hybridized carbons (Fsp3) is 0.217. The van der Waals surface area contributed by atoms with Crippen LogP contribution in [0.1, 0.15) is 12.8 Å². The summed E-state index contributed by atoms with van der Waals surface area (Å²) in [6.45, 7) is 0.984. The van der Waals surface area contributed by atoms with Crippen LogP contribution in [0, 0.1) is 0 Å². The Hall–Kier alpha value is -3.08. The maximum absolute atomic E-state index is 12.4. The minimum Gasteiger partial charge on any atom is -0.497 e. The summed E-state index contributed by atoms with van der Waals surface area (Å²) in [4.78, 5) is 4.96. The Bertz CT molecular complexity index is 1390. The number of hydrogen-bond donors (Lipinski definition) is 2. The summed E-state index contributed by atoms with van der Waals surface area (Å²) in [6.07, 6.45) is 3.21. The lowest BCUT2D eigenvalue weighted by molar-refractivity contribution is 0.414. The molecule has 0 atom stereocenters. The van der Waals surface area contributed by atoms with Crippen LogP contribution in [-0.2, 0) is 10.0 Å². The zero-order valence-corrected chi connectivity index (χ0v) is 20.5. The summed E-state index contributed by atoms with van der Waals surface area (Å²) in [5, 5.41) is 8.46. The third kappa shape index (κ3) is 5.35. The lowest BCUT2D eigenvalue weighted by Gasteiger charge is -2.12. The van der Waals surface area contributed by atoms with Crippen molar-refractivity contribution in [3.8, 4) is 17.0 Å². The molecule has 0 bridgehead atoms. The Morgan fingerprint density at radius 3 is 2.56 bits per heavy atom. The zero-order valence-electron chi connectivity index (χ0n) is 19.0. The van der Waals surface area contributed by atoms with Crippen LogP contribution < -0.4 is 20.2 Å². The monoisotopic (exact) mass is 497 g/mol. The van der Waals surface area contributed by atoms with Gasteiger partial charge in [-0.1, -0.05) is 29.8 Å². The molecule has 2 N–H and O–H groups in total. The molecule has 11 heteroatoms. The molecule has 0 radical (unpaired) electrons. The van der Waals surface area contributed by atoms with Gasteiger partial charge in [-0.3, -0.25) is 0 Å². The van der Waals surface area contributed by atoms with E-state index in [4.69, 9.17) is 21.3 Å². The third-order valence-electron chi connectivity index (χ3n) is 5.37. The average molecular weight is 498 g/mol. The Kier molecular flexibility index (Phi) is 7.40. The van der Waals surface area contributed by atoms with Crippen molar-refractivity contribution in [1.29, 1.82) is 0 Å². The zero-order chi connectivity index (χ0) is 24.1. The van der Waals surface area contributed by atoms with E-state index in [1.807, 2.05) is 38.2 Å². The van der Waals surface area contributed by atoms with Gasteiger partial charge >= 0.3 is 0 Å². The predicted molar refractivity (Wildman–Crippen MR) is 138 cm³/mol. The van der Waals surface area contributed by atoms with E-state index < -0.39 is 10.0 Å². The molecule has 176 valence electrons. The minimum absolute atomic E-state index is 0.215. The molecule has 0 fully saturated rings. The summed E-state index contributed by atoms with van der Waals surface area (Å²) < 4.78 is 34.4. The number of fused-ring (bicyclic) bond motifs is 1. The second-order valence-corrected chi connectivity index (χ2v) is 9.95. The number of nitrogens with one attached hydrogen (secondary N) is 2. The molecular weight excluding hydrogens is 473 g/mol. The molecular formula is C23H25BClN5O3S. The highest BCUT2D eigenvalue weighted by molar-refractivity contribution is 7.89. The predicted octanol–water partition coefficient (Wildman–Crippen LogP) is 2.49. The summed E-state index contributed by atoms with van der Waals surface area (Å²) in [6, 6.07) is 15.8. The lowest BCUT2D eigenvalue weighted by Crippen LogP contribution is -2.25. The molecule has 0 amide bonds.